The van der Waals surface area contributed by atoms with Crippen LogP contribution >= 0.6 is 0 Å². The van der Waals surface area contributed by atoms with Crippen LogP contribution in [0.15, 0.2) is 0 Å². The van der Waals surface area contributed by atoms with Crippen molar-refractivity contribution in [3.63, 3.8) is 0 Å². The number of quaternary nitrogens is 1. The van der Waals surface area contributed by atoms with Crippen LogP contribution < -0.4 is 4.90 Å². The number of hydrogen-bond acceptors (Lipinski definition) is 1. The fourth-order valence-electron chi connectivity index (χ4n) is 3.75. The first-order valence-corrected chi connectivity index (χ1v) is 5.86. The zero-order valence-corrected chi connectivity index (χ0v) is 8.30. The molecule has 3 rings (SSSR count). The number of morpholine rings is 1. The zero-order valence-electron chi connectivity index (χ0n) is 8.30. The molecule has 0 aromatic carbocycles. The molecule has 2 heteroatoms. The summed E-state index contributed by atoms with van der Waals surface area (Å²) in [5.74, 6) is 2.18. The Bertz CT molecular complexity index is 189. The van der Waals surface area contributed by atoms with Gasteiger partial charge in [0.05, 0.1) is 19.3 Å². The minimum atomic E-state index is 1.00. The Balaban J connectivity index is 1.65. The van der Waals surface area contributed by atoms with Crippen molar-refractivity contribution in [2.75, 3.05) is 26.3 Å². The van der Waals surface area contributed by atoms with Gasteiger partial charge in [-0.1, -0.05) is 0 Å². The van der Waals surface area contributed by atoms with Crippen molar-refractivity contribution in [2.24, 2.45) is 11.8 Å². The van der Waals surface area contributed by atoms with E-state index in [-0.39, 0.29) is 0 Å². The van der Waals surface area contributed by atoms with Gasteiger partial charge >= 0.3 is 0 Å². The Morgan fingerprint density at radius 2 is 1.85 bits per heavy atom. The van der Waals surface area contributed by atoms with E-state index in [1.165, 1.54) is 32.4 Å². The van der Waals surface area contributed by atoms with E-state index >= 15 is 0 Å². The lowest BCUT2D eigenvalue weighted by atomic mass is 9.94. The van der Waals surface area contributed by atoms with Crippen LogP contribution in [0, 0.1) is 11.8 Å². The van der Waals surface area contributed by atoms with Crippen LogP contribution in [0.4, 0.5) is 0 Å². The maximum Gasteiger partial charge on any atom is 0.101 e. The maximum absolute atomic E-state index is 5.42. The van der Waals surface area contributed by atoms with Gasteiger partial charge in [-0.15, -0.1) is 0 Å². The highest BCUT2D eigenvalue weighted by Gasteiger charge is 2.45. The molecule has 13 heavy (non-hydrogen) atoms. The van der Waals surface area contributed by atoms with Gasteiger partial charge in [0.15, 0.2) is 0 Å². The fourth-order valence-corrected chi connectivity index (χ4v) is 3.75. The van der Waals surface area contributed by atoms with Gasteiger partial charge in [0.2, 0.25) is 0 Å². The Morgan fingerprint density at radius 3 is 2.46 bits per heavy atom. The minimum absolute atomic E-state index is 1.00. The van der Waals surface area contributed by atoms with E-state index < -0.39 is 0 Å². The van der Waals surface area contributed by atoms with E-state index in [4.69, 9.17) is 4.74 Å². The summed E-state index contributed by atoms with van der Waals surface area (Å²) < 4.78 is 5.42. The molecular formula is C11H20NO+. The summed E-state index contributed by atoms with van der Waals surface area (Å²) in [5.41, 5.74) is 0. The standard InChI is InChI=1S/C11H19NO/c1-2-10-7-9(1)8-11(10)12-3-5-13-6-4-12/h9-11H,1-8H2/p+1/t9-,10-,11+/m0/s1. The highest BCUT2D eigenvalue weighted by atomic mass is 16.5. The van der Waals surface area contributed by atoms with Crippen molar-refractivity contribution < 1.29 is 9.64 Å². The molecule has 0 aromatic rings. The highest BCUT2D eigenvalue weighted by Crippen LogP contribution is 2.43. The van der Waals surface area contributed by atoms with Gasteiger partial charge in [-0.3, -0.25) is 0 Å². The van der Waals surface area contributed by atoms with Crippen LogP contribution in [0.25, 0.3) is 0 Å². The molecule has 2 saturated carbocycles. The second-order valence-corrected chi connectivity index (χ2v) is 5.05. The summed E-state index contributed by atoms with van der Waals surface area (Å²) in [6.45, 7) is 4.55. The Kier molecular flexibility index (Phi) is 2.06. The van der Waals surface area contributed by atoms with Crippen LogP contribution in [0.5, 0.6) is 0 Å². The van der Waals surface area contributed by atoms with E-state index in [0.717, 1.165) is 31.1 Å². The lowest BCUT2D eigenvalue weighted by molar-refractivity contribution is -0.936. The second-order valence-electron chi connectivity index (χ2n) is 5.05. The van der Waals surface area contributed by atoms with Crippen LogP contribution in [0.2, 0.25) is 0 Å². The van der Waals surface area contributed by atoms with Crippen molar-refractivity contribution in [1.29, 1.82) is 0 Å². The van der Waals surface area contributed by atoms with E-state index in [2.05, 4.69) is 0 Å². The summed E-state index contributed by atoms with van der Waals surface area (Å²) in [4.78, 5) is 1.86. The molecule has 1 aliphatic heterocycles. The van der Waals surface area contributed by atoms with Crippen LogP contribution in [0.3, 0.4) is 0 Å². The fraction of sp³-hybridized carbons (Fsp3) is 1.00. The van der Waals surface area contributed by atoms with Crippen LogP contribution in [-0.4, -0.2) is 32.3 Å². The molecule has 2 aliphatic carbocycles. The van der Waals surface area contributed by atoms with E-state index in [0.29, 0.717) is 0 Å². The molecule has 74 valence electrons. The molecule has 2 bridgehead atoms. The van der Waals surface area contributed by atoms with Gasteiger partial charge in [0, 0.05) is 12.3 Å². The van der Waals surface area contributed by atoms with Crippen molar-refractivity contribution in [3.8, 4) is 0 Å². The molecule has 3 aliphatic rings. The average molecular weight is 182 g/mol. The van der Waals surface area contributed by atoms with E-state index in [1.807, 2.05) is 4.90 Å². The lowest BCUT2D eigenvalue weighted by Crippen LogP contribution is -3.18. The molecule has 1 heterocycles. The van der Waals surface area contributed by atoms with Gasteiger partial charge in [0.1, 0.15) is 13.1 Å². The molecule has 3 atom stereocenters. The van der Waals surface area contributed by atoms with E-state index in [9.17, 15) is 0 Å². The van der Waals surface area contributed by atoms with Gasteiger partial charge in [-0.2, -0.15) is 0 Å². The van der Waals surface area contributed by atoms with Gasteiger partial charge < -0.3 is 9.64 Å². The first kappa shape index (κ1) is 8.25. The molecule has 3 fully saturated rings. The SMILES string of the molecule is C1C[NH+]([C@@H]2C[C@H]3CC[C@H]2C3)CCO1. The van der Waals surface area contributed by atoms with Crippen molar-refractivity contribution >= 4 is 0 Å². The molecule has 1 saturated heterocycles. The largest absolute Gasteiger partial charge is 0.370 e. The molecular weight excluding hydrogens is 162 g/mol. The summed E-state index contributed by atoms with van der Waals surface area (Å²) >= 11 is 0. The Morgan fingerprint density at radius 1 is 1.00 bits per heavy atom. The highest BCUT2D eigenvalue weighted by molar-refractivity contribution is 4.90. The van der Waals surface area contributed by atoms with Crippen molar-refractivity contribution in [2.45, 2.75) is 31.7 Å². The number of hydrogen-bond donors (Lipinski definition) is 1. The van der Waals surface area contributed by atoms with Gasteiger partial charge in [-0.05, 0) is 25.2 Å². The second kappa shape index (κ2) is 3.25. The summed E-state index contributed by atoms with van der Waals surface area (Å²) in [7, 11) is 0. The molecule has 1 N–H and O–H groups in total. The Labute approximate surface area is 80.2 Å². The monoisotopic (exact) mass is 182 g/mol. The zero-order chi connectivity index (χ0) is 8.67. The quantitative estimate of drug-likeness (QED) is 0.607. The number of fused-ring (bicyclic) bond motifs is 2. The third-order valence-electron chi connectivity index (χ3n) is 4.40. The third kappa shape index (κ3) is 1.40. The molecule has 0 spiro atoms. The normalized spacial score (nSPS) is 45.7. The predicted molar refractivity (Wildman–Crippen MR) is 50.8 cm³/mol. The molecule has 0 amide bonds. The predicted octanol–water partition coefficient (Wildman–Crippen LogP) is 0.0901. The van der Waals surface area contributed by atoms with Crippen molar-refractivity contribution in [3.05, 3.63) is 0 Å². The summed E-state index contributed by atoms with van der Waals surface area (Å²) in [5, 5.41) is 0. The number of nitrogens with one attached hydrogen (secondary N) is 1. The smallest absolute Gasteiger partial charge is 0.101 e. The minimum Gasteiger partial charge on any atom is -0.370 e. The molecule has 0 radical (unpaired) electrons. The molecule has 0 aromatic heterocycles. The average Bonchev–Trinajstić information content (AvgIpc) is 2.80. The summed E-state index contributed by atoms with van der Waals surface area (Å²) in [6, 6.07) is 1.02. The van der Waals surface area contributed by atoms with Crippen molar-refractivity contribution in [1.82, 2.24) is 0 Å². The third-order valence-corrected chi connectivity index (χ3v) is 4.40. The molecule has 0 unspecified atom stereocenters. The lowest BCUT2D eigenvalue weighted by Gasteiger charge is -2.33. The number of rotatable bonds is 1. The van der Waals surface area contributed by atoms with Crippen LogP contribution in [0.1, 0.15) is 25.7 Å². The first-order valence-electron chi connectivity index (χ1n) is 5.86. The molecule has 2 nitrogen and oxygen atoms in total. The maximum atomic E-state index is 5.42. The summed E-state index contributed by atoms with van der Waals surface area (Å²) in [6.07, 6.45) is 6.14. The number of ether oxygens (including phenoxy) is 1. The van der Waals surface area contributed by atoms with Gasteiger partial charge in [0.25, 0.3) is 0 Å². The van der Waals surface area contributed by atoms with Crippen LogP contribution in [-0.2, 0) is 4.74 Å². The Hall–Kier alpha value is -0.0800. The topological polar surface area (TPSA) is 13.7 Å². The van der Waals surface area contributed by atoms with E-state index in [1.54, 1.807) is 6.42 Å². The first-order chi connectivity index (χ1) is 6.43. The van der Waals surface area contributed by atoms with Gasteiger partial charge in [-0.25, -0.2) is 0 Å².